The van der Waals surface area contributed by atoms with Gasteiger partial charge in [0.15, 0.2) is 6.61 Å². The molecule has 2 amide bonds. The molecule has 0 bridgehead atoms. The van der Waals surface area contributed by atoms with Crippen molar-refractivity contribution < 1.29 is 19.1 Å². The van der Waals surface area contributed by atoms with Crippen LogP contribution in [0.4, 0.5) is 16.2 Å². The van der Waals surface area contributed by atoms with Crippen molar-refractivity contribution in [3.8, 4) is 5.75 Å². The molecule has 0 saturated heterocycles. The topological polar surface area (TPSA) is 76.7 Å². The van der Waals surface area contributed by atoms with Gasteiger partial charge in [0, 0.05) is 17.4 Å². The van der Waals surface area contributed by atoms with Gasteiger partial charge >= 0.3 is 6.09 Å². The molecule has 27 heavy (non-hydrogen) atoms. The second-order valence-electron chi connectivity index (χ2n) is 7.04. The van der Waals surface area contributed by atoms with E-state index in [1.807, 2.05) is 24.3 Å². The summed E-state index contributed by atoms with van der Waals surface area (Å²) in [6.07, 6.45) is -0.536. The smallest absolute Gasteiger partial charge is 0.411 e. The number of ether oxygens (including phenoxy) is 2. The van der Waals surface area contributed by atoms with Crippen LogP contribution in [0.1, 0.15) is 33.3 Å². The van der Waals surface area contributed by atoms with Gasteiger partial charge in [-0.1, -0.05) is 39.0 Å². The minimum Gasteiger partial charge on any atom is -0.484 e. The van der Waals surface area contributed by atoms with E-state index in [1.165, 1.54) is 5.56 Å². The number of amides is 2. The van der Waals surface area contributed by atoms with Gasteiger partial charge in [-0.2, -0.15) is 0 Å². The highest BCUT2D eigenvalue weighted by Gasteiger charge is 2.13. The first-order valence-electron chi connectivity index (χ1n) is 8.85. The van der Waals surface area contributed by atoms with E-state index in [9.17, 15) is 9.59 Å². The van der Waals surface area contributed by atoms with E-state index >= 15 is 0 Å². The molecule has 0 aliphatic rings. The molecule has 2 rings (SSSR count). The Morgan fingerprint density at radius 3 is 2.30 bits per heavy atom. The Hall–Kier alpha value is -3.02. The molecule has 2 N–H and O–H groups in total. The Labute approximate surface area is 159 Å². The molecule has 0 saturated carbocycles. The predicted molar refractivity (Wildman–Crippen MR) is 106 cm³/mol. The van der Waals surface area contributed by atoms with Crippen LogP contribution in [0.15, 0.2) is 48.5 Å². The van der Waals surface area contributed by atoms with E-state index < -0.39 is 6.09 Å². The monoisotopic (exact) mass is 370 g/mol. The van der Waals surface area contributed by atoms with E-state index in [1.54, 1.807) is 31.2 Å². The summed E-state index contributed by atoms with van der Waals surface area (Å²) in [5.74, 6) is 0.213. The summed E-state index contributed by atoms with van der Waals surface area (Å²) >= 11 is 0. The fourth-order valence-corrected chi connectivity index (χ4v) is 2.35. The lowest BCUT2D eigenvalue weighted by molar-refractivity contribution is -0.118. The van der Waals surface area contributed by atoms with Crippen molar-refractivity contribution in [3.63, 3.8) is 0 Å². The summed E-state index contributed by atoms with van der Waals surface area (Å²) < 4.78 is 10.3. The van der Waals surface area contributed by atoms with Crippen LogP contribution >= 0.6 is 0 Å². The van der Waals surface area contributed by atoms with Crippen LogP contribution in [0.2, 0.25) is 0 Å². The molecule has 0 heterocycles. The first-order chi connectivity index (χ1) is 12.8. The largest absolute Gasteiger partial charge is 0.484 e. The van der Waals surface area contributed by atoms with Gasteiger partial charge in [0.2, 0.25) is 0 Å². The summed E-state index contributed by atoms with van der Waals surface area (Å²) in [7, 11) is 0. The van der Waals surface area contributed by atoms with Crippen LogP contribution in [0.25, 0.3) is 0 Å². The number of benzene rings is 2. The number of hydrogen-bond acceptors (Lipinski definition) is 4. The van der Waals surface area contributed by atoms with E-state index in [0.717, 1.165) is 0 Å². The van der Waals surface area contributed by atoms with Crippen LogP contribution < -0.4 is 15.4 Å². The standard InChI is InChI=1S/C21H26N2O4/c1-5-26-20(25)23-17-7-6-8-18(13-17)27-14-19(24)22-16-11-9-15(10-12-16)21(2,3)4/h6-13H,5,14H2,1-4H3,(H,22,24)(H,23,25). The summed E-state index contributed by atoms with van der Waals surface area (Å²) in [4.78, 5) is 23.5. The average molecular weight is 370 g/mol. The van der Waals surface area contributed by atoms with Crippen molar-refractivity contribution in [2.45, 2.75) is 33.1 Å². The molecule has 2 aromatic carbocycles. The molecule has 0 atom stereocenters. The van der Waals surface area contributed by atoms with Crippen LogP contribution in [0.5, 0.6) is 5.75 Å². The molecular formula is C21H26N2O4. The number of rotatable bonds is 6. The molecule has 144 valence electrons. The van der Waals surface area contributed by atoms with Crippen molar-refractivity contribution in [2.75, 3.05) is 23.8 Å². The third-order valence-corrected chi connectivity index (χ3v) is 3.76. The number of nitrogens with one attached hydrogen (secondary N) is 2. The Balaban J connectivity index is 1.87. The Morgan fingerprint density at radius 1 is 0.963 bits per heavy atom. The average Bonchev–Trinajstić information content (AvgIpc) is 2.60. The minimum absolute atomic E-state index is 0.0637. The van der Waals surface area contributed by atoms with E-state index in [2.05, 4.69) is 31.4 Å². The van der Waals surface area contributed by atoms with Crippen LogP contribution in [-0.4, -0.2) is 25.2 Å². The number of hydrogen-bond donors (Lipinski definition) is 2. The molecule has 0 fully saturated rings. The van der Waals surface area contributed by atoms with Crippen molar-refractivity contribution in [1.29, 1.82) is 0 Å². The maximum absolute atomic E-state index is 12.1. The zero-order valence-corrected chi connectivity index (χ0v) is 16.2. The molecule has 6 heteroatoms. The fraction of sp³-hybridized carbons (Fsp3) is 0.333. The minimum atomic E-state index is -0.536. The fourth-order valence-electron chi connectivity index (χ4n) is 2.35. The van der Waals surface area contributed by atoms with Crippen LogP contribution in [0.3, 0.4) is 0 Å². The van der Waals surface area contributed by atoms with Gasteiger partial charge in [0.1, 0.15) is 5.75 Å². The summed E-state index contributed by atoms with van der Waals surface area (Å²) in [5.41, 5.74) is 2.51. The maximum Gasteiger partial charge on any atom is 0.411 e. The van der Waals surface area contributed by atoms with Crippen LogP contribution in [0, 0.1) is 0 Å². The number of carbonyl (C=O) groups is 2. The summed E-state index contributed by atoms with van der Waals surface area (Å²) in [6.45, 7) is 8.30. The number of anilines is 2. The normalized spacial score (nSPS) is 10.8. The second kappa shape index (κ2) is 9.07. The molecule has 0 aromatic heterocycles. The van der Waals surface area contributed by atoms with Gasteiger partial charge in [-0.25, -0.2) is 4.79 Å². The lowest BCUT2D eigenvalue weighted by atomic mass is 9.87. The SMILES string of the molecule is CCOC(=O)Nc1cccc(OCC(=O)Nc2ccc(C(C)(C)C)cc2)c1. The van der Waals surface area contributed by atoms with E-state index in [-0.39, 0.29) is 17.9 Å². The van der Waals surface area contributed by atoms with Crippen molar-refractivity contribution in [3.05, 3.63) is 54.1 Å². The number of carbonyl (C=O) groups excluding carboxylic acids is 2. The van der Waals surface area contributed by atoms with Gasteiger partial charge in [0.05, 0.1) is 6.61 Å². The lowest BCUT2D eigenvalue weighted by Crippen LogP contribution is -2.20. The zero-order valence-electron chi connectivity index (χ0n) is 16.2. The van der Waals surface area contributed by atoms with Crippen molar-refractivity contribution >= 4 is 23.4 Å². The Kier molecular flexibility index (Phi) is 6.82. The molecule has 0 unspecified atom stereocenters. The highest BCUT2D eigenvalue weighted by molar-refractivity contribution is 5.92. The van der Waals surface area contributed by atoms with Gasteiger partial charge in [-0.05, 0) is 42.2 Å². The quantitative estimate of drug-likeness (QED) is 0.781. The highest BCUT2D eigenvalue weighted by Crippen LogP contribution is 2.23. The molecule has 0 aliphatic carbocycles. The molecule has 0 aliphatic heterocycles. The Bertz CT molecular complexity index is 780. The third-order valence-electron chi connectivity index (χ3n) is 3.76. The van der Waals surface area contributed by atoms with Gasteiger partial charge in [-0.15, -0.1) is 0 Å². The predicted octanol–water partition coefficient (Wildman–Crippen LogP) is 4.57. The lowest BCUT2D eigenvalue weighted by Gasteiger charge is -2.19. The summed E-state index contributed by atoms with van der Waals surface area (Å²) in [6, 6.07) is 14.5. The highest BCUT2D eigenvalue weighted by atomic mass is 16.5. The van der Waals surface area contributed by atoms with Crippen LogP contribution in [-0.2, 0) is 14.9 Å². The maximum atomic E-state index is 12.1. The summed E-state index contributed by atoms with van der Waals surface area (Å²) in [5, 5.41) is 5.39. The Morgan fingerprint density at radius 2 is 1.67 bits per heavy atom. The van der Waals surface area contributed by atoms with E-state index in [4.69, 9.17) is 9.47 Å². The van der Waals surface area contributed by atoms with E-state index in [0.29, 0.717) is 23.7 Å². The van der Waals surface area contributed by atoms with Gasteiger partial charge in [0.25, 0.3) is 5.91 Å². The van der Waals surface area contributed by atoms with Gasteiger partial charge in [-0.3, -0.25) is 10.1 Å². The molecule has 2 aromatic rings. The molecular weight excluding hydrogens is 344 g/mol. The molecule has 6 nitrogen and oxygen atoms in total. The first kappa shape index (κ1) is 20.3. The van der Waals surface area contributed by atoms with Crippen molar-refractivity contribution in [2.24, 2.45) is 0 Å². The second-order valence-corrected chi connectivity index (χ2v) is 7.04. The first-order valence-corrected chi connectivity index (χ1v) is 8.85. The molecule has 0 radical (unpaired) electrons. The zero-order chi connectivity index (χ0) is 19.9. The molecule has 0 spiro atoms. The van der Waals surface area contributed by atoms with Gasteiger partial charge < -0.3 is 14.8 Å². The third kappa shape index (κ3) is 6.66. The van der Waals surface area contributed by atoms with Crippen molar-refractivity contribution in [1.82, 2.24) is 0 Å².